The molecule has 0 fully saturated rings. The number of rotatable bonds is 6. The fourth-order valence-electron chi connectivity index (χ4n) is 3.55. The van der Waals surface area contributed by atoms with Crippen LogP contribution in [0.25, 0.3) is 0 Å². The van der Waals surface area contributed by atoms with Crippen molar-refractivity contribution in [3.05, 3.63) is 64.0 Å². The molecule has 0 radical (unpaired) electrons. The lowest BCUT2D eigenvalue weighted by molar-refractivity contribution is -0.138. The predicted molar refractivity (Wildman–Crippen MR) is 115 cm³/mol. The Morgan fingerprint density at radius 3 is 1.83 bits per heavy atom. The van der Waals surface area contributed by atoms with E-state index in [0.29, 0.717) is 18.2 Å². The number of Topliss-reactive ketones (excluding diaryl/α,β-unsaturated/α-hetero) is 2. The minimum Gasteiger partial charge on any atom is -0.497 e. The van der Waals surface area contributed by atoms with E-state index in [1.54, 1.807) is 0 Å². The van der Waals surface area contributed by atoms with E-state index in [0.717, 1.165) is 19.2 Å². The number of benzene rings is 2. The van der Waals surface area contributed by atoms with Crippen LogP contribution in [-0.2, 0) is 18.8 Å². The van der Waals surface area contributed by atoms with Crippen LogP contribution in [0.1, 0.15) is 72.0 Å². The lowest BCUT2D eigenvalue weighted by Crippen LogP contribution is -2.30. The van der Waals surface area contributed by atoms with Gasteiger partial charge < -0.3 is 4.74 Å². The molecule has 0 bridgehead atoms. The van der Waals surface area contributed by atoms with Gasteiger partial charge in [-0.1, -0.05) is 34.6 Å². The van der Waals surface area contributed by atoms with E-state index >= 15 is 4.39 Å². The van der Waals surface area contributed by atoms with Gasteiger partial charge in [0.2, 0.25) is 0 Å². The molecule has 2 aromatic rings. The van der Waals surface area contributed by atoms with Gasteiger partial charge in [0, 0.05) is 16.4 Å². The van der Waals surface area contributed by atoms with Gasteiger partial charge in [-0.15, -0.1) is 0 Å². The molecule has 0 aliphatic heterocycles. The van der Waals surface area contributed by atoms with Crippen molar-refractivity contribution in [2.24, 2.45) is 10.8 Å². The summed E-state index contributed by atoms with van der Waals surface area (Å²) in [6, 6.07) is 3.57. The van der Waals surface area contributed by atoms with E-state index < -0.39 is 74.8 Å². The van der Waals surface area contributed by atoms with Crippen molar-refractivity contribution < 1.29 is 45.1 Å². The Balaban J connectivity index is 2.64. The molecule has 192 valence electrons. The number of carbonyl (C=O) groups excluding carboxylic acids is 2. The molecule has 2 rings (SSSR count). The van der Waals surface area contributed by atoms with Crippen LogP contribution in [0.5, 0.6) is 5.75 Å². The highest BCUT2D eigenvalue weighted by Crippen LogP contribution is 2.40. The Bertz CT molecular complexity index is 1140. The number of hydrogen-bond donors (Lipinski definition) is 0. The third-order valence-corrected chi connectivity index (χ3v) is 5.42. The second-order valence-electron chi connectivity index (χ2n) is 9.87. The number of ether oxygens (including phenoxy) is 1. The number of methoxy groups -OCH3 is 1. The van der Waals surface area contributed by atoms with Gasteiger partial charge in [0.25, 0.3) is 0 Å². The second kappa shape index (κ2) is 9.28. The van der Waals surface area contributed by atoms with Crippen LogP contribution >= 0.6 is 0 Å². The second-order valence-corrected chi connectivity index (χ2v) is 9.87. The first-order valence-electron chi connectivity index (χ1n) is 10.4. The largest absolute Gasteiger partial charge is 0.497 e. The van der Waals surface area contributed by atoms with Crippen LogP contribution < -0.4 is 4.74 Å². The third kappa shape index (κ3) is 6.21. The summed E-state index contributed by atoms with van der Waals surface area (Å²) in [5.74, 6) is -3.35. The van der Waals surface area contributed by atoms with E-state index in [2.05, 4.69) is 0 Å². The van der Waals surface area contributed by atoms with Crippen molar-refractivity contribution in [3.8, 4) is 5.75 Å². The fraction of sp³-hybridized carbons (Fsp3) is 0.440. The van der Waals surface area contributed by atoms with E-state index in [4.69, 9.17) is 4.74 Å². The first-order chi connectivity index (χ1) is 15.7. The van der Waals surface area contributed by atoms with Crippen molar-refractivity contribution in [3.63, 3.8) is 0 Å². The number of alkyl halides is 6. The zero-order valence-corrected chi connectivity index (χ0v) is 20.0. The minimum atomic E-state index is -4.93. The van der Waals surface area contributed by atoms with Crippen LogP contribution in [0, 0.1) is 16.6 Å². The molecule has 0 amide bonds. The maximum atomic E-state index is 15.3. The molecular formula is C25H25F7O3. The summed E-state index contributed by atoms with van der Waals surface area (Å²) in [6.07, 6.45) is -10.5. The summed E-state index contributed by atoms with van der Waals surface area (Å²) in [5, 5.41) is 0. The van der Waals surface area contributed by atoms with E-state index in [1.165, 1.54) is 34.6 Å². The molecule has 0 saturated carbocycles. The predicted octanol–water partition coefficient (Wildman–Crippen LogP) is 7.55. The molecular weight excluding hydrogens is 481 g/mol. The van der Waals surface area contributed by atoms with Crippen molar-refractivity contribution >= 4 is 11.6 Å². The van der Waals surface area contributed by atoms with Crippen LogP contribution in [0.2, 0.25) is 0 Å². The topological polar surface area (TPSA) is 43.4 Å². The average molecular weight is 506 g/mol. The zero-order chi connectivity index (χ0) is 27.1. The normalized spacial score (nSPS) is 13.1. The van der Waals surface area contributed by atoms with Gasteiger partial charge in [0.05, 0.1) is 23.8 Å². The highest BCUT2D eigenvalue weighted by Gasteiger charge is 2.41. The SMILES string of the molecule is COc1ccc(C(=O)C(C)(C)Cc2cc(C(F)(F)F)cc(C(=O)C(C)(C)C)c2F)c(C(F)(F)F)c1. The lowest BCUT2D eigenvalue weighted by atomic mass is 9.76. The van der Waals surface area contributed by atoms with Gasteiger partial charge in [-0.2, -0.15) is 26.3 Å². The molecule has 0 spiro atoms. The first kappa shape index (κ1) is 28.3. The number of halogens is 7. The summed E-state index contributed by atoms with van der Waals surface area (Å²) in [4.78, 5) is 25.8. The zero-order valence-electron chi connectivity index (χ0n) is 20.0. The molecule has 3 nitrogen and oxygen atoms in total. The molecule has 0 aliphatic carbocycles. The molecule has 2 aromatic carbocycles. The fourth-order valence-corrected chi connectivity index (χ4v) is 3.55. The molecule has 0 unspecified atom stereocenters. The molecule has 0 heterocycles. The van der Waals surface area contributed by atoms with Crippen LogP contribution in [0.3, 0.4) is 0 Å². The van der Waals surface area contributed by atoms with Crippen LogP contribution in [0.15, 0.2) is 30.3 Å². The quantitative estimate of drug-likeness (QED) is 0.300. The molecule has 0 saturated heterocycles. The average Bonchev–Trinajstić information content (AvgIpc) is 2.71. The van der Waals surface area contributed by atoms with E-state index in [1.807, 2.05) is 0 Å². The Labute approximate surface area is 198 Å². The highest BCUT2D eigenvalue weighted by molar-refractivity contribution is 6.02. The van der Waals surface area contributed by atoms with Crippen molar-refractivity contribution in [2.45, 2.75) is 53.4 Å². The van der Waals surface area contributed by atoms with Gasteiger partial charge >= 0.3 is 12.4 Å². The van der Waals surface area contributed by atoms with Gasteiger partial charge in [-0.05, 0) is 42.3 Å². The monoisotopic (exact) mass is 506 g/mol. The number of carbonyl (C=O) groups is 2. The van der Waals surface area contributed by atoms with E-state index in [-0.39, 0.29) is 5.75 Å². The Kier molecular flexibility index (Phi) is 7.51. The Hall–Kier alpha value is -2.91. The molecule has 35 heavy (non-hydrogen) atoms. The van der Waals surface area contributed by atoms with Gasteiger partial charge in [-0.25, -0.2) is 4.39 Å². The molecule has 0 N–H and O–H groups in total. The van der Waals surface area contributed by atoms with Gasteiger partial charge in [0.1, 0.15) is 11.6 Å². The summed E-state index contributed by atoms with van der Waals surface area (Å²) in [6.45, 7) is 6.62. The van der Waals surface area contributed by atoms with Crippen molar-refractivity contribution in [1.82, 2.24) is 0 Å². The summed E-state index contributed by atoms with van der Waals surface area (Å²) >= 11 is 0. The highest BCUT2D eigenvalue weighted by atomic mass is 19.4. The maximum Gasteiger partial charge on any atom is 0.417 e. The first-order valence-corrected chi connectivity index (χ1v) is 10.4. The summed E-state index contributed by atoms with van der Waals surface area (Å²) < 4.78 is 101. The summed E-state index contributed by atoms with van der Waals surface area (Å²) in [7, 11) is 1.15. The van der Waals surface area contributed by atoms with Gasteiger partial charge in [0.15, 0.2) is 11.6 Å². The molecule has 0 aromatic heterocycles. The van der Waals surface area contributed by atoms with Crippen molar-refractivity contribution in [2.75, 3.05) is 7.11 Å². The number of hydrogen-bond acceptors (Lipinski definition) is 3. The lowest BCUT2D eigenvalue weighted by Gasteiger charge is -2.27. The smallest absolute Gasteiger partial charge is 0.417 e. The Morgan fingerprint density at radius 1 is 0.800 bits per heavy atom. The van der Waals surface area contributed by atoms with Crippen LogP contribution in [-0.4, -0.2) is 18.7 Å². The maximum absolute atomic E-state index is 15.3. The molecule has 0 atom stereocenters. The molecule has 10 heteroatoms. The minimum absolute atomic E-state index is 0.152. The van der Waals surface area contributed by atoms with Gasteiger partial charge in [-0.3, -0.25) is 9.59 Å². The Morgan fingerprint density at radius 2 is 1.37 bits per heavy atom. The number of ketones is 2. The van der Waals surface area contributed by atoms with E-state index in [9.17, 15) is 35.9 Å². The van der Waals surface area contributed by atoms with Crippen LogP contribution in [0.4, 0.5) is 30.7 Å². The van der Waals surface area contributed by atoms with Crippen molar-refractivity contribution in [1.29, 1.82) is 0 Å². The summed E-state index contributed by atoms with van der Waals surface area (Å²) in [5.41, 5.74) is -7.70. The standard InChI is InChI=1S/C25H25F7O3/c1-22(2,3)20(33)17-10-14(24(27,28)29)9-13(19(17)26)12-23(4,5)21(34)16-8-7-15(35-6)11-18(16)25(30,31)32/h7-11H,12H2,1-6H3. The third-order valence-electron chi connectivity index (χ3n) is 5.42. The molecule has 0 aliphatic rings.